The van der Waals surface area contributed by atoms with Gasteiger partial charge in [-0.1, -0.05) is 6.07 Å². The van der Waals surface area contributed by atoms with Gasteiger partial charge in [0.25, 0.3) is 0 Å². The maximum Gasteiger partial charge on any atom is 0.328 e. The molecule has 0 unspecified atom stereocenters. The van der Waals surface area contributed by atoms with E-state index in [0.29, 0.717) is 17.8 Å². The van der Waals surface area contributed by atoms with Gasteiger partial charge in [0.15, 0.2) is 17.5 Å². The summed E-state index contributed by atoms with van der Waals surface area (Å²) in [6.45, 7) is 1.58. The molecule has 0 fully saturated rings. The second kappa shape index (κ2) is 7.29. The molecule has 0 saturated carbocycles. The Morgan fingerprint density at radius 1 is 1.33 bits per heavy atom. The number of hydrogen-bond donors (Lipinski definition) is 2. The van der Waals surface area contributed by atoms with Crippen LogP contribution in [0.4, 0.5) is 18.0 Å². The van der Waals surface area contributed by atoms with Crippen LogP contribution in [0.2, 0.25) is 0 Å². The number of rotatable bonds is 3. The monoisotopic (exact) mass is 382 g/mol. The quantitative estimate of drug-likeness (QED) is 0.628. The average molecular weight is 382 g/mol. The van der Waals surface area contributed by atoms with Crippen LogP contribution < -0.4 is 5.32 Å². The molecule has 0 spiro atoms. The van der Waals surface area contributed by atoms with Crippen LogP contribution >= 0.6 is 0 Å². The molecule has 10 heteroatoms. The summed E-state index contributed by atoms with van der Waals surface area (Å²) >= 11 is 0. The number of halogens is 3. The van der Waals surface area contributed by atoms with E-state index in [4.69, 9.17) is 0 Å². The first-order valence-corrected chi connectivity index (χ1v) is 8.15. The molecule has 2 aromatic rings. The van der Waals surface area contributed by atoms with E-state index in [-0.39, 0.29) is 12.1 Å². The number of nitrogens with one attached hydrogen (secondary N) is 2. The van der Waals surface area contributed by atoms with Crippen molar-refractivity contribution in [2.45, 2.75) is 25.4 Å². The van der Waals surface area contributed by atoms with Crippen molar-refractivity contribution in [3.63, 3.8) is 0 Å². The summed E-state index contributed by atoms with van der Waals surface area (Å²) < 4.78 is 46.1. The fourth-order valence-corrected chi connectivity index (χ4v) is 3.07. The van der Waals surface area contributed by atoms with Crippen LogP contribution in [0.3, 0.4) is 0 Å². The van der Waals surface area contributed by atoms with Crippen LogP contribution in [-0.2, 0) is 16.0 Å². The van der Waals surface area contributed by atoms with Gasteiger partial charge in [-0.3, -0.25) is 0 Å². The van der Waals surface area contributed by atoms with Crippen LogP contribution in [0, 0.1) is 17.5 Å². The van der Waals surface area contributed by atoms with Crippen LogP contribution in [0.5, 0.6) is 0 Å². The molecule has 1 aromatic carbocycles. The van der Waals surface area contributed by atoms with Crippen molar-refractivity contribution >= 4 is 12.0 Å². The largest absolute Gasteiger partial charge is 0.467 e. The van der Waals surface area contributed by atoms with Gasteiger partial charge in [-0.05, 0) is 13.0 Å². The number of amides is 2. The van der Waals surface area contributed by atoms with E-state index in [1.54, 1.807) is 0 Å². The maximum atomic E-state index is 14.4. The lowest BCUT2D eigenvalue weighted by Gasteiger charge is -2.35. The summed E-state index contributed by atoms with van der Waals surface area (Å²) in [6.07, 6.45) is 1.78. The first-order chi connectivity index (χ1) is 12.8. The first kappa shape index (κ1) is 18.7. The molecular weight excluding hydrogens is 365 g/mol. The predicted molar refractivity (Wildman–Crippen MR) is 87.2 cm³/mol. The molecule has 1 aromatic heterocycles. The normalized spacial score (nSPS) is 17.2. The minimum absolute atomic E-state index is 0.151. The highest BCUT2D eigenvalue weighted by Gasteiger charge is 2.37. The van der Waals surface area contributed by atoms with Gasteiger partial charge in [0.1, 0.15) is 12.1 Å². The van der Waals surface area contributed by atoms with Gasteiger partial charge >= 0.3 is 12.0 Å². The second-order valence-corrected chi connectivity index (χ2v) is 6.07. The number of nitrogens with zero attached hydrogens (tertiary/aromatic N) is 2. The van der Waals surface area contributed by atoms with Gasteiger partial charge < -0.3 is 19.9 Å². The molecule has 0 bridgehead atoms. The number of methoxy groups -OCH3 is 1. The number of esters is 1. The number of fused-ring (bicyclic) bond motifs is 1. The van der Waals surface area contributed by atoms with Gasteiger partial charge in [-0.2, -0.15) is 0 Å². The molecule has 0 radical (unpaired) electrons. The van der Waals surface area contributed by atoms with Gasteiger partial charge in [-0.15, -0.1) is 0 Å². The summed E-state index contributed by atoms with van der Waals surface area (Å²) in [7, 11) is 1.18. The summed E-state index contributed by atoms with van der Waals surface area (Å²) in [5.74, 6) is -5.01. The van der Waals surface area contributed by atoms with E-state index in [2.05, 4.69) is 20.0 Å². The minimum atomic E-state index is -1.63. The molecule has 1 aliphatic rings. The van der Waals surface area contributed by atoms with Crippen molar-refractivity contribution in [3.05, 3.63) is 52.9 Å². The summed E-state index contributed by atoms with van der Waals surface area (Å²) in [5.41, 5.74) is 0.754. The zero-order valence-electron chi connectivity index (χ0n) is 14.6. The van der Waals surface area contributed by atoms with Crippen molar-refractivity contribution < 1.29 is 27.5 Å². The minimum Gasteiger partial charge on any atom is -0.467 e. The van der Waals surface area contributed by atoms with Crippen LogP contribution in [0.25, 0.3) is 0 Å². The number of H-pyrrole nitrogens is 1. The number of ether oxygens (including phenoxy) is 1. The van der Waals surface area contributed by atoms with E-state index in [9.17, 15) is 22.8 Å². The Hall–Kier alpha value is -3.04. The van der Waals surface area contributed by atoms with E-state index in [0.717, 1.165) is 12.1 Å². The lowest BCUT2D eigenvalue weighted by Crippen LogP contribution is -2.50. The zero-order chi connectivity index (χ0) is 19.7. The Kier molecular flexibility index (Phi) is 5.06. The fourth-order valence-electron chi connectivity index (χ4n) is 3.07. The molecule has 2 heterocycles. The van der Waals surface area contributed by atoms with E-state index in [1.165, 1.54) is 25.3 Å². The summed E-state index contributed by atoms with van der Waals surface area (Å²) in [5, 5.41) is 2.45. The molecule has 2 atom stereocenters. The third-order valence-electron chi connectivity index (χ3n) is 4.44. The van der Waals surface area contributed by atoms with E-state index >= 15 is 0 Å². The number of carbonyl (C=O) groups excluding carboxylic acids is 2. The Labute approximate surface area is 152 Å². The first-order valence-electron chi connectivity index (χ1n) is 8.15. The number of imidazole rings is 1. The number of aromatic nitrogens is 2. The van der Waals surface area contributed by atoms with Gasteiger partial charge in [0.2, 0.25) is 0 Å². The Bertz CT molecular complexity index is 886. The molecule has 7 nitrogen and oxygen atoms in total. The number of benzene rings is 1. The SMILES string of the molecule is COC(=O)[C@H](C)NC(=O)N1CCc2[nH]cnc2[C@@H]1c1ccc(F)c(F)c1F. The highest BCUT2D eigenvalue weighted by Crippen LogP contribution is 2.35. The third-order valence-corrected chi connectivity index (χ3v) is 4.44. The number of aromatic amines is 1. The van der Waals surface area contributed by atoms with Crippen molar-refractivity contribution in [1.29, 1.82) is 0 Å². The smallest absolute Gasteiger partial charge is 0.328 e. The van der Waals surface area contributed by atoms with Gasteiger partial charge in [0.05, 0.1) is 19.1 Å². The van der Waals surface area contributed by atoms with E-state index in [1.807, 2.05) is 0 Å². The van der Waals surface area contributed by atoms with Crippen molar-refractivity contribution in [2.24, 2.45) is 0 Å². The number of urea groups is 1. The molecule has 144 valence electrons. The van der Waals surface area contributed by atoms with Gasteiger partial charge in [-0.25, -0.2) is 27.7 Å². The molecule has 27 heavy (non-hydrogen) atoms. The lowest BCUT2D eigenvalue weighted by molar-refractivity contribution is -0.142. The third kappa shape index (κ3) is 3.34. The Morgan fingerprint density at radius 3 is 2.78 bits per heavy atom. The zero-order valence-corrected chi connectivity index (χ0v) is 14.6. The Morgan fingerprint density at radius 2 is 2.07 bits per heavy atom. The molecule has 1 aliphatic heterocycles. The predicted octanol–water partition coefficient (Wildman–Crippen LogP) is 2.05. The molecule has 0 aliphatic carbocycles. The fraction of sp³-hybridized carbons (Fsp3) is 0.353. The molecular formula is C17H17F3N4O3. The van der Waals surface area contributed by atoms with Crippen LogP contribution in [-0.4, -0.2) is 46.6 Å². The molecule has 2 amide bonds. The van der Waals surface area contributed by atoms with Crippen molar-refractivity contribution in [2.75, 3.05) is 13.7 Å². The highest BCUT2D eigenvalue weighted by molar-refractivity contribution is 5.83. The van der Waals surface area contributed by atoms with E-state index < -0.39 is 41.5 Å². The highest BCUT2D eigenvalue weighted by atomic mass is 19.2. The second-order valence-electron chi connectivity index (χ2n) is 6.07. The summed E-state index contributed by atoms with van der Waals surface area (Å²) in [4.78, 5) is 32.5. The van der Waals surface area contributed by atoms with Crippen molar-refractivity contribution in [3.8, 4) is 0 Å². The Balaban J connectivity index is 2.00. The van der Waals surface area contributed by atoms with Crippen LogP contribution in [0.1, 0.15) is 29.9 Å². The molecule has 2 N–H and O–H groups in total. The number of hydrogen-bond acceptors (Lipinski definition) is 4. The summed E-state index contributed by atoms with van der Waals surface area (Å²) in [6, 6.07) is -0.845. The lowest BCUT2D eigenvalue weighted by atomic mass is 9.95. The standard InChI is InChI=1S/C17H17F3N4O3/c1-8(16(25)27-2)23-17(26)24-6-5-11-14(22-7-21-11)15(24)9-3-4-10(18)13(20)12(9)19/h3-4,7-8,15H,5-6H2,1-2H3,(H,21,22)(H,23,26)/t8-,15-/m0/s1. The molecule has 3 rings (SSSR count). The topological polar surface area (TPSA) is 87.3 Å². The average Bonchev–Trinajstić information content (AvgIpc) is 3.13. The van der Waals surface area contributed by atoms with Crippen LogP contribution in [0.15, 0.2) is 18.5 Å². The maximum absolute atomic E-state index is 14.4. The molecule has 0 saturated heterocycles. The van der Waals surface area contributed by atoms with Gasteiger partial charge in [0, 0.05) is 24.2 Å². The van der Waals surface area contributed by atoms with Crippen molar-refractivity contribution in [1.82, 2.24) is 20.2 Å². The number of carbonyl (C=O) groups is 2.